The highest BCUT2D eigenvalue weighted by atomic mass is 32.2. The molecule has 1 heterocycles. The standard InChI is InChI=1S/C21H24FN5O4S/c22-14-9-16(10-14)27-32(29,30)17-7-5-15(6-8-17)25-21-24-12-13(11-23)20(26-21)31-19-4-2-1-3-18(19)28/h5-8,12,14,16,18-19,27-28H,1-4,9-10H2,(H,24,25,26). The zero-order valence-electron chi connectivity index (χ0n) is 17.2. The number of anilines is 2. The lowest BCUT2D eigenvalue weighted by molar-refractivity contribution is 0.00436. The van der Waals surface area contributed by atoms with E-state index < -0.39 is 28.4 Å². The van der Waals surface area contributed by atoms with Crippen LogP contribution in [0.2, 0.25) is 0 Å². The molecular weight excluding hydrogens is 437 g/mol. The van der Waals surface area contributed by atoms with Gasteiger partial charge in [-0.3, -0.25) is 0 Å². The lowest BCUT2D eigenvalue weighted by atomic mass is 9.92. The van der Waals surface area contributed by atoms with Crippen molar-refractivity contribution in [1.82, 2.24) is 14.7 Å². The lowest BCUT2D eigenvalue weighted by Crippen LogP contribution is -2.45. The maximum Gasteiger partial charge on any atom is 0.240 e. The van der Waals surface area contributed by atoms with Crippen LogP contribution in [0.5, 0.6) is 5.88 Å². The summed E-state index contributed by atoms with van der Waals surface area (Å²) in [5.74, 6) is 0.257. The molecule has 2 atom stereocenters. The van der Waals surface area contributed by atoms with E-state index in [2.05, 4.69) is 20.0 Å². The van der Waals surface area contributed by atoms with Gasteiger partial charge in [0.05, 0.1) is 17.2 Å². The van der Waals surface area contributed by atoms with Crippen molar-refractivity contribution in [2.75, 3.05) is 5.32 Å². The summed E-state index contributed by atoms with van der Waals surface area (Å²) in [6.07, 6.45) is 2.90. The van der Waals surface area contributed by atoms with Crippen LogP contribution in [0.1, 0.15) is 44.1 Å². The summed E-state index contributed by atoms with van der Waals surface area (Å²) >= 11 is 0. The molecule has 170 valence electrons. The third-order valence-corrected chi connectivity index (χ3v) is 7.16. The molecule has 2 unspecified atom stereocenters. The second kappa shape index (κ2) is 9.36. The van der Waals surface area contributed by atoms with E-state index in [1.807, 2.05) is 6.07 Å². The molecule has 3 N–H and O–H groups in total. The normalized spacial score (nSPS) is 25.4. The fraction of sp³-hybridized carbons (Fsp3) is 0.476. The van der Waals surface area contributed by atoms with Gasteiger partial charge in [-0.15, -0.1) is 0 Å². The Labute approximate surface area is 185 Å². The number of aromatic nitrogens is 2. The van der Waals surface area contributed by atoms with E-state index >= 15 is 0 Å². The monoisotopic (exact) mass is 461 g/mol. The van der Waals surface area contributed by atoms with Crippen LogP contribution in [0, 0.1) is 11.3 Å². The van der Waals surface area contributed by atoms with Gasteiger partial charge in [-0.1, -0.05) is 6.42 Å². The molecule has 1 aromatic heterocycles. The zero-order valence-corrected chi connectivity index (χ0v) is 18.1. The van der Waals surface area contributed by atoms with Crippen LogP contribution in [-0.4, -0.2) is 47.9 Å². The van der Waals surface area contributed by atoms with E-state index in [4.69, 9.17) is 4.74 Å². The summed E-state index contributed by atoms with van der Waals surface area (Å²) in [6, 6.07) is 7.58. The van der Waals surface area contributed by atoms with Crippen molar-refractivity contribution >= 4 is 21.7 Å². The number of alkyl halides is 1. The molecule has 1 aromatic carbocycles. The van der Waals surface area contributed by atoms with Crippen molar-refractivity contribution in [2.24, 2.45) is 0 Å². The van der Waals surface area contributed by atoms with Crippen LogP contribution in [0.4, 0.5) is 16.0 Å². The van der Waals surface area contributed by atoms with E-state index in [-0.39, 0.29) is 41.2 Å². The van der Waals surface area contributed by atoms with Crippen LogP contribution >= 0.6 is 0 Å². The fourth-order valence-corrected chi connectivity index (χ4v) is 4.99. The average molecular weight is 462 g/mol. The van der Waals surface area contributed by atoms with Crippen molar-refractivity contribution in [3.8, 4) is 11.9 Å². The molecule has 0 amide bonds. The fourth-order valence-electron chi connectivity index (χ4n) is 3.73. The van der Waals surface area contributed by atoms with Crippen molar-refractivity contribution < 1.29 is 22.7 Å². The molecule has 0 bridgehead atoms. The predicted molar refractivity (Wildman–Crippen MR) is 114 cm³/mol. The topological polar surface area (TPSA) is 137 Å². The van der Waals surface area contributed by atoms with E-state index in [9.17, 15) is 23.2 Å². The van der Waals surface area contributed by atoms with E-state index in [1.54, 1.807) is 12.1 Å². The summed E-state index contributed by atoms with van der Waals surface area (Å²) in [5.41, 5.74) is 0.692. The average Bonchev–Trinajstić information content (AvgIpc) is 2.75. The van der Waals surface area contributed by atoms with Gasteiger partial charge in [0.15, 0.2) is 0 Å². The Kier molecular flexibility index (Phi) is 6.55. The number of nitrogens with one attached hydrogen (secondary N) is 2. The molecule has 32 heavy (non-hydrogen) atoms. The first-order chi connectivity index (χ1) is 15.3. The Bertz CT molecular complexity index is 1100. The van der Waals surface area contributed by atoms with E-state index in [0.717, 1.165) is 12.8 Å². The van der Waals surface area contributed by atoms with E-state index in [1.165, 1.54) is 18.3 Å². The SMILES string of the molecule is N#Cc1cnc(Nc2ccc(S(=O)(=O)NC3CC(F)C3)cc2)nc1OC1CCCCC1O. The third-order valence-electron chi connectivity index (χ3n) is 5.63. The minimum atomic E-state index is -3.73. The van der Waals surface area contributed by atoms with Crippen molar-refractivity contribution in [3.05, 3.63) is 36.0 Å². The van der Waals surface area contributed by atoms with Crippen molar-refractivity contribution in [3.63, 3.8) is 0 Å². The molecule has 0 radical (unpaired) electrons. The van der Waals surface area contributed by atoms with Gasteiger partial charge in [-0.05, 0) is 56.4 Å². The maximum atomic E-state index is 12.9. The van der Waals surface area contributed by atoms with Gasteiger partial charge >= 0.3 is 0 Å². The number of ether oxygens (including phenoxy) is 1. The van der Waals surface area contributed by atoms with Gasteiger partial charge in [0.2, 0.25) is 21.9 Å². The Hall–Kier alpha value is -2.81. The highest BCUT2D eigenvalue weighted by Gasteiger charge is 2.32. The lowest BCUT2D eigenvalue weighted by Gasteiger charge is -2.29. The molecule has 0 spiro atoms. The molecule has 2 saturated carbocycles. The smallest absolute Gasteiger partial charge is 0.240 e. The molecule has 2 fully saturated rings. The first kappa shape index (κ1) is 22.4. The number of aliphatic hydroxyl groups excluding tert-OH is 1. The Balaban J connectivity index is 1.45. The quantitative estimate of drug-likeness (QED) is 0.572. The minimum absolute atomic E-state index is 0.0708. The van der Waals surface area contributed by atoms with Crippen molar-refractivity contribution in [1.29, 1.82) is 5.26 Å². The number of rotatable bonds is 7. The van der Waals surface area contributed by atoms with Gasteiger partial charge < -0.3 is 15.2 Å². The van der Waals surface area contributed by atoms with Gasteiger partial charge in [-0.2, -0.15) is 10.2 Å². The Morgan fingerprint density at radius 1 is 1.19 bits per heavy atom. The number of aliphatic hydroxyl groups is 1. The van der Waals surface area contributed by atoms with Crippen LogP contribution in [0.25, 0.3) is 0 Å². The number of hydrogen-bond donors (Lipinski definition) is 3. The molecular formula is C21H24FN5O4S. The van der Waals surface area contributed by atoms with Gasteiger partial charge in [0.1, 0.15) is 23.9 Å². The summed E-state index contributed by atoms with van der Waals surface area (Å²) in [5, 5.41) is 22.4. The maximum absolute atomic E-state index is 12.9. The zero-order chi connectivity index (χ0) is 22.7. The van der Waals surface area contributed by atoms with E-state index in [0.29, 0.717) is 18.5 Å². The van der Waals surface area contributed by atoms with Crippen LogP contribution < -0.4 is 14.8 Å². The molecule has 9 nitrogen and oxygen atoms in total. The summed E-state index contributed by atoms with van der Waals surface area (Å²) in [4.78, 5) is 8.43. The number of hydrogen-bond acceptors (Lipinski definition) is 8. The number of sulfonamides is 1. The van der Waals surface area contributed by atoms with Crippen molar-refractivity contribution in [2.45, 2.75) is 67.8 Å². The number of nitriles is 1. The van der Waals surface area contributed by atoms with Gasteiger partial charge in [-0.25, -0.2) is 22.5 Å². The molecule has 0 aliphatic heterocycles. The Morgan fingerprint density at radius 2 is 1.91 bits per heavy atom. The second-order valence-electron chi connectivity index (χ2n) is 8.07. The molecule has 0 saturated heterocycles. The van der Waals surface area contributed by atoms with Gasteiger partial charge in [0, 0.05) is 11.7 Å². The third kappa shape index (κ3) is 5.15. The summed E-state index contributed by atoms with van der Waals surface area (Å²) in [7, 11) is -3.73. The highest BCUT2D eigenvalue weighted by molar-refractivity contribution is 7.89. The summed E-state index contributed by atoms with van der Waals surface area (Å²) < 4.78 is 46.0. The second-order valence-corrected chi connectivity index (χ2v) is 9.78. The summed E-state index contributed by atoms with van der Waals surface area (Å²) in [6.45, 7) is 0. The predicted octanol–water partition coefficient (Wildman–Crippen LogP) is 2.55. The molecule has 4 rings (SSSR count). The molecule has 2 aromatic rings. The number of nitrogens with zero attached hydrogens (tertiary/aromatic N) is 3. The van der Waals surface area contributed by atoms with Crippen LogP contribution in [0.3, 0.4) is 0 Å². The minimum Gasteiger partial charge on any atom is -0.471 e. The van der Waals surface area contributed by atoms with Crippen LogP contribution in [-0.2, 0) is 10.0 Å². The van der Waals surface area contributed by atoms with Crippen LogP contribution in [0.15, 0.2) is 35.4 Å². The van der Waals surface area contributed by atoms with Gasteiger partial charge in [0.25, 0.3) is 0 Å². The highest BCUT2D eigenvalue weighted by Crippen LogP contribution is 2.27. The molecule has 2 aliphatic rings. The Morgan fingerprint density at radius 3 is 2.56 bits per heavy atom. The number of halogens is 1. The largest absolute Gasteiger partial charge is 0.471 e. The molecule has 11 heteroatoms. The first-order valence-electron chi connectivity index (χ1n) is 10.5. The number of benzene rings is 1. The first-order valence-corrected chi connectivity index (χ1v) is 12.0. The molecule has 2 aliphatic carbocycles.